The standard InChI is InChI=1S/C26H22F2N4O5/c27-16-2-1-3-17(28)22(16)24-30-18(23-19(31-24)12-29-25(23)34)10-14-4-6-15(7-5-14)11-21(33)32-8-9-37-13-20(32)26(35)36/h1-7,20H,8-13H2,(H,29,34)(H,35,36)/t20-/m0/s1. The number of morpholine rings is 1. The van der Waals surface area contributed by atoms with E-state index in [1.54, 1.807) is 24.3 Å². The van der Waals surface area contributed by atoms with E-state index in [1.165, 1.54) is 11.0 Å². The molecule has 37 heavy (non-hydrogen) atoms. The van der Waals surface area contributed by atoms with Gasteiger partial charge in [0.25, 0.3) is 5.91 Å². The topological polar surface area (TPSA) is 122 Å². The van der Waals surface area contributed by atoms with Crippen LogP contribution in [-0.4, -0.2) is 63.6 Å². The van der Waals surface area contributed by atoms with E-state index in [0.717, 1.165) is 17.7 Å². The number of aliphatic carboxylic acids is 1. The lowest BCUT2D eigenvalue weighted by atomic mass is 10.0. The molecule has 9 nitrogen and oxygen atoms in total. The Labute approximate surface area is 210 Å². The molecular formula is C26H22F2N4O5. The number of ether oxygens (including phenoxy) is 1. The maximum Gasteiger partial charge on any atom is 0.328 e. The number of benzene rings is 2. The van der Waals surface area contributed by atoms with Gasteiger partial charge in [-0.05, 0) is 23.3 Å². The molecule has 1 aromatic heterocycles. The van der Waals surface area contributed by atoms with E-state index in [2.05, 4.69) is 15.3 Å². The normalized spacial score (nSPS) is 16.9. The van der Waals surface area contributed by atoms with Gasteiger partial charge < -0.3 is 20.1 Å². The fourth-order valence-corrected chi connectivity index (χ4v) is 4.50. The van der Waals surface area contributed by atoms with Crippen LogP contribution in [0.3, 0.4) is 0 Å². The van der Waals surface area contributed by atoms with E-state index in [9.17, 15) is 28.3 Å². The van der Waals surface area contributed by atoms with Crippen molar-refractivity contribution >= 4 is 17.8 Å². The van der Waals surface area contributed by atoms with Crippen LogP contribution in [0.25, 0.3) is 11.4 Å². The summed E-state index contributed by atoms with van der Waals surface area (Å²) in [6.07, 6.45) is 0.214. The highest BCUT2D eigenvalue weighted by Crippen LogP contribution is 2.28. The van der Waals surface area contributed by atoms with E-state index in [0.29, 0.717) is 17.0 Å². The van der Waals surface area contributed by atoms with Gasteiger partial charge in [-0.2, -0.15) is 0 Å². The fraction of sp³-hybridized carbons (Fsp3) is 0.269. The summed E-state index contributed by atoms with van der Waals surface area (Å²) in [5.74, 6) is -3.53. The van der Waals surface area contributed by atoms with E-state index in [4.69, 9.17) is 4.74 Å². The Bertz CT molecular complexity index is 1380. The molecule has 2 N–H and O–H groups in total. The zero-order valence-electron chi connectivity index (χ0n) is 19.5. The minimum Gasteiger partial charge on any atom is -0.480 e. The Morgan fingerprint density at radius 2 is 1.76 bits per heavy atom. The minimum absolute atomic E-state index is 0.0199. The van der Waals surface area contributed by atoms with Gasteiger partial charge in [-0.1, -0.05) is 30.3 Å². The van der Waals surface area contributed by atoms with Gasteiger partial charge in [0.15, 0.2) is 11.9 Å². The van der Waals surface area contributed by atoms with Crippen molar-refractivity contribution in [2.24, 2.45) is 0 Å². The number of halogens is 2. The lowest BCUT2D eigenvalue weighted by Gasteiger charge is -2.32. The predicted molar refractivity (Wildman–Crippen MR) is 125 cm³/mol. The predicted octanol–water partition coefficient (Wildman–Crippen LogP) is 2.11. The molecule has 0 spiro atoms. The van der Waals surface area contributed by atoms with Crippen LogP contribution in [0, 0.1) is 11.6 Å². The van der Waals surface area contributed by atoms with Crippen LogP contribution in [0.2, 0.25) is 0 Å². The minimum atomic E-state index is -1.11. The molecule has 190 valence electrons. The summed E-state index contributed by atoms with van der Waals surface area (Å²) >= 11 is 0. The van der Waals surface area contributed by atoms with Crippen LogP contribution in [0.15, 0.2) is 42.5 Å². The molecule has 2 amide bonds. The number of nitrogens with one attached hydrogen (secondary N) is 1. The summed E-state index contributed by atoms with van der Waals surface area (Å²) in [6.45, 7) is 0.575. The Kier molecular flexibility index (Phi) is 6.62. The van der Waals surface area contributed by atoms with Crippen molar-refractivity contribution in [3.63, 3.8) is 0 Å². The van der Waals surface area contributed by atoms with Gasteiger partial charge in [-0.15, -0.1) is 0 Å². The number of carbonyl (C=O) groups is 3. The molecule has 0 unspecified atom stereocenters. The third kappa shape index (κ3) is 4.90. The quantitative estimate of drug-likeness (QED) is 0.523. The summed E-state index contributed by atoms with van der Waals surface area (Å²) in [4.78, 5) is 46.5. The molecule has 0 bridgehead atoms. The first-order valence-electron chi connectivity index (χ1n) is 11.6. The number of carboxylic acids is 1. The first-order valence-corrected chi connectivity index (χ1v) is 11.6. The van der Waals surface area contributed by atoms with Crippen LogP contribution < -0.4 is 5.32 Å². The number of hydrogen-bond acceptors (Lipinski definition) is 6. The SMILES string of the molecule is O=C1NCc2nc(-c3c(F)cccc3F)nc(Cc3ccc(CC(=O)N4CCOC[C@H]4C(=O)O)cc3)c21. The van der Waals surface area contributed by atoms with Crippen molar-refractivity contribution in [2.45, 2.75) is 25.4 Å². The number of rotatable bonds is 6. The summed E-state index contributed by atoms with van der Waals surface area (Å²) in [5, 5.41) is 12.0. The molecule has 11 heteroatoms. The maximum absolute atomic E-state index is 14.4. The molecule has 2 aliphatic rings. The molecule has 1 atom stereocenters. The third-order valence-corrected chi connectivity index (χ3v) is 6.37. The Hall–Kier alpha value is -4.25. The molecular weight excluding hydrogens is 486 g/mol. The van der Waals surface area contributed by atoms with Gasteiger partial charge in [0.2, 0.25) is 5.91 Å². The number of nitrogens with zero attached hydrogens (tertiary/aromatic N) is 3. The van der Waals surface area contributed by atoms with E-state index in [1.807, 2.05) is 0 Å². The van der Waals surface area contributed by atoms with E-state index >= 15 is 0 Å². The highest BCUT2D eigenvalue weighted by Gasteiger charge is 2.32. The number of carboxylic acid groups (broad SMARTS) is 1. The van der Waals surface area contributed by atoms with Gasteiger partial charge in [0.05, 0.1) is 48.7 Å². The smallest absolute Gasteiger partial charge is 0.328 e. The van der Waals surface area contributed by atoms with Gasteiger partial charge in [-0.3, -0.25) is 9.59 Å². The number of carbonyl (C=O) groups excluding carboxylic acids is 2. The molecule has 2 aromatic carbocycles. The number of hydrogen-bond donors (Lipinski definition) is 2. The van der Waals surface area contributed by atoms with Crippen molar-refractivity contribution in [3.05, 3.63) is 82.2 Å². The average Bonchev–Trinajstić information content (AvgIpc) is 3.26. The highest BCUT2D eigenvalue weighted by atomic mass is 19.1. The third-order valence-electron chi connectivity index (χ3n) is 6.37. The molecule has 3 aromatic rings. The molecule has 3 heterocycles. The van der Waals surface area contributed by atoms with Crippen LogP contribution in [0.5, 0.6) is 0 Å². The monoisotopic (exact) mass is 508 g/mol. The van der Waals surface area contributed by atoms with Crippen LogP contribution in [0.1, 0.15) is 32.9 Å². The summed E-state index contributed by atoms with van der Waals surface area (Å²) in [7, 11) is 0. The van der Waals surface area contributed by atoms with Gasteiger partial charge in [-0.25, -0.2) is 23.5 Å². The molecule has 2 aliphatic heterocycles. The first-order chi connectivity index (χ1) is 17.8. The molecule has 1 fully saturated rings. The number of fused-ring (bicyclic) bond motifs is 1. The van der Waals surface area contributed by atoms with Gasteiger partial charge in [0, 0.05) is 13.0 Å². The Balaban J connectivity index is 1.38. The van der Waals surface area contributed by atoms with E-state index in [-0.39, 0.29) is 67.9 Å². The molecule has 5 rings (SSSR count). The van der Waals surface area contributed by atoms with Crippen molar-refractivity contribution in [3.8, 4) is 11.4 Å². The second-order valence-corrected chi connectivity index (χ2v) is 8.78. The van der Waals surface area contributed by atoms with Crippen LogP contribution >= 0.6 is 0 Å². The summed E-state index contributed by atoms with van der Waals surface area (Å²) in [6, 6.07) is 9.48. The second-order valence-electron chi connectivity index (χ2n) is 8.78. The first kappa shape index (κ1) is 24.4. The van der Waals surface area contributed by atoms with Gasteiger partial charge in [0.1, 0.15) is 11.6 Å². The van der Waals surface area contributed by atoms with Crippen molar-refractivity contribution < 1.29 is 33.0 Å². The lowest BCUT2D eigenvalue weighted by molar-refractivity contribution is -0.158. The average molecular weight is 508 g/mol. The zero-order valence-corrected chi connectivity index (χ0v) is 19.5. The molecule has 0 radical (unpaired) electrons. The van der Waals surface area contributed by atoms with Crippen LogP contribution in [0.4, 0.5) is 8.78 Å². The van der Waals surface area contributed by atoms with Crippen molar-refractivity contribution in [2.75, 3.05) is 19.8 Å². The molecule has 1 saturated heterocycles. The summed E-state index contributed by atoms with van der Waals surface area (Å²) in [5.41, 5.74) is 2.07. The molecule has 0 saturated carbocycles. The number of aromatic nitrogens is 2. The van der Waals surface area contributed by atoms with E-state index < -0.39 is 23.6 Å². The highest BCUT2D eigenvalue weighted by molar-refractivity contribution is 5.99. The maximum atomic E-state index is 14.4. The zero-order chi connectivity index (χ0) is 26.1. The largest absolute Gasteiger partial charge is 0.480 e. The van der Waals surface area contributed by atoms with Gasteiger partial charge >= 0.3 is 5.97 Å². The Morgan fingerprint density at radius 1 is 1.05 bits per heavy atom. The Morgan fingerprint density at radius 3 is 2.46 bits per heavy atom. The molecule has 0 aliphatic carbocycles. The van der Waals surface area contributed by atoms with Crippen molar-refractivity contribution in [1.82, 2.24) is 20.2 Å². The van der Waals surface area contributed by atoms with Crippen molar-refractivity contribution in [1.29, 1.82) is 0 Å². The summed E-state index contributed by atoms with van der Waals surface area (Å²) < 4.78 is 34.0. The second kappa shape index (κ2) is 10.0. The fourth-order valence-electron chi connectivity index (χ4n) is 4.50. The van der Waals surface area contributed by atoms with Crippen LogP contribution in [-0.2, 0) is 33.7 Å². The number of amides is 2. The lowest BCUT2D eigenvalue weighted by Crippen LogP contribution is -2.53.